The Balaban J connectivity index is 0.00000264. The minimum absolute atomic E-state index is 0. The molecule has 0 N–H and O–H groups in total. The van der Waals surface area contributed by atoms with E-state index in [1.165, 1.54) is 0 Å². The van der Waals surface area contributed by atoms with Gasteiger partial charge in [-0.25, -0.2) is 14.9 Å². The summed E-state index contributed by atoms with van der Waals surface area (Å²) in [5.41, 5.74) is 0.987. The number of amides is 1. The van der Waals surface area contributed by atoms with Gasteiger partial charge in [-0.05, 0) is 12.1 Å². The van der Waals surface area contributed by atoms with Crippen LogP contribution in [-0.4, -0.2) is 30.4 Å². The van der Waals surface area contributed by atoms with Gasteiger partial charge in [-0.15, -0.1) is 17.8 Å². The number of nitrogens with zero attached hydrogens (tertiary/aromatic N) is 2. The third-order valence-corrected chi connectivity index (χ3v) is 3.28. The molecule has 1 radical (unpaired) electrons. The molecule has 0 saturated heterocycles. The molecule has 7 heteroatoms. The molecular weight excluding hydrogens is 379 g/mol. The van der Waals surface area contributed by atoms with Crippen molar-refractivity contribution in [1.82, 2.24) is 4.90 Å². The Hall–Kier alpha value is -1.32. The summed E-state index contributed by atoms with van der Waals surface area (Å²) in [4.78, 5) is 13.2. The van der Waals surface area contributed by atoms with Gasteiger partial charge >= 0.3 is 0 Å². The maximum absolute atomic E-state index is 12.7. The number of alkyl halides is 2. The van der Waals surface area contributed by atoms with E-state index in [1.54, 1.807) is 31.2 Å². The SMILES string of the molecule is CC1C[C-]=C(c2ccc(OCC#N)cc2)N(CC(F)F)C1=O.[Y]. The summed E-state index contributed by atoms with van der Waals surface area (Å²) < 4.78 is 30.6. The second kappa shape index (κ2) is 9.10. The number of hydrogen-bond acceptors (Lipinski definition) is 3. The van der Waals surface area contributed by atoms with Crippen molar-refractivity contribution in [3.05, 3.63) is 35.9 Å². The predicted molar refractivity (Wildman–Crippen MR) is 75.7 cm³/mol. The van der Waals surface area contributed by atoms with E-state index in [1.807, 2.05) is 6.07 Å². The van der Waals surface area contributed by atoms with Crippen molar-refractivity contribution in [1.29, 1.82) is 5.26 Å². The van der Waals surface area contributed by atoms with Crippen molar-refractivity contribution < 1.29 is 51.0 Å². The first kappa shape index (κ1) is 19.7. The maximum atomic E-state index is 12.7. The van der Waals surface area contributed by atoms with Crippen LogP contribution < -0.4 is 4.74 Å². The third-order valence-electron chi connectivity index (χ3n) is 3.28. The third kappa shape index (κ3) is 5.08. The minimum atomic E-state index is -2.61. The van der Waals surface area contributed by atoms with Crippen LogP contribution in [0.2, 0.25) is 0 Å². The molecule has 1 aromatic rings. The van der Waals surface area contributed by atoms with Gasteiger partial charge in [0.25, 0.3) is 6.43 Å². The number of rotatable bonds is 5. The molecule has 0 aliphatic carbocycles. The van der Waals surface area contributed by atoms with Crippen LogP contribution in [0.25, 0.3) is 5.70 Å². The molecule has 0 aromatic heterocycles. The van der Waals surface area contributed by atoms with E-state index in [4.69, 9.17) is 10.00 Å². The van der Waals surface area contributed by atoms with Gasteiger partial charge in [0.1, 0.15) is 11.8 Å². The first-order valence-electron chi connectivity index (χ1n) is 6.83. The van der Waals surface area contributed by atoms with E-state index in [0.29, 0.717) is 23.4 Å². The largest absolute Gasteiger partial charge is 0.479 e. The second-order valence-corrected chi connectivity index (χ2v) is 4.94. The van der Waals surface area contributed by atoms with Gasteiger partial charge in [0, 0.05) is 38.6 Å². The van der Waals surface area contributed by atoms with Crippen LogP contribution in [0.4, 0.5) is 8.78 Å². The molecule has 1 aliphatic heterocycles. The van der Waals surface area contributed by atoms with Crippen LogP contribution >= 0.6 is 0 Å². The minimum Gasteiger partial charge on any atom is -0.479 e. The molecule has 2 rings (SSSR count). The molecule has 1 aliphatic rings. The summed E-state index contributed by atoms with van der Waals surface area (Å²) in [6, 6.07) is 8.44. The van der Waals surface area contributed by atoms with Gasteiger partial charge in [0.05, 0.1) is 6.54 Å². The monoisotopic (exact) mass is 394 g/mol. The van der Waals surface area contributed by atoms with E-state index >= 15 is 0 Å². The topological polar surface area (TPSA) is 53.3 Å². The van der Waals surface area contributed by atoms with Gasteiger partial charge in [0.15, 0.2) is 6.61 Å². The van der Waals surface area contributed by atoms with Crippen molar-refractivity contribution in [3.8, 4) is 11.8 Å². The number of carbonyl (C=O) groups is 1. The standard InChI is InChI=1S/C16H15F2N2O2.Y/c1-11-2-7-14(20(16(11)21)10-15(17)18)12-3-5-13(6-4-12)22-9-8-19;/h3-6,11,15H,2,9-10H2,1H3;/q-1;. The molecular formula is C16H15F2N2O2Y-. The van der Waals surface area contributed by atoms with E-state index < -0.39 is 13.0 Å². The molecule has 23 heavy (non-hydrogen) atoms. The van der Waals surface area contributed by atoms with Crippen molar-refractivity contribution in [2.24, 2.45) is 5.92 Å². The van der Waals surface area contributed by atoms with Crippen LogP contribution in [-0.2, 0) is 37.5 Å². The molecule has 119 valence electrons. The Morgan fingerprint density at radius 1 is 1.43 bits per heavy atom. The zero-order valence-electron chi connectivity index (χ0n) is 12.6. The van der Waals surface area contributed by atoms with Gasteiger partial charge in [0.2, 0.25) is 5.91 Å². The van der Waals surface area contributed by atoms with Crippen molar-refractivity contribution in [2.75, 3.05) is 13.2 Å². The molecule has 0 bridgehead atoms. The molecule has 1 aromatic carbocycles. The second-order valence-electron chi connectivity index (χ2n) is 4.94. The zero-order valence-corrected chi connectivity index (χ0v) is 15.5. The number of halogens is 2. The van der Waals surface area contributed by atoms with Gasteiger partial charge in [-0.2, -0.15) is 10.8 Å². The molecule has 0 saturated carbocycles. The molecule has 0 fully saturated rings. The van der Waals surface area contributed by atoms with Crippen LogP contribution in [0.15, 0.2) is 24.3 Å². The summed E-state index contributed by atoms with van der Waals surface area (Å²) >= 11 is 0. The normalized spacial score (nSPS) is 17.3. The molecule has 4 nitrogen and oxygen atoms in total. The molecule has 1 heterocycles. The molecule has 1 amide bonds. The Kier molecular flexibility index (Phi) is 7.80. The fourth-order valence-corrected chi connectivity index (χ4v) is 2.21. The smallest absolute Gasteiger partial charge is 0.256 e. The average molecular weight is 394 g/mol. The number of carbonyl (C=O) groups excluding carboxylic acids is 1. The predicted octanol–water partition coefficient (Wildman–Crippen LogP) is 2.86. The number of allylic oxidation sites excluding steroid dienone is 1. The first-order chi connectivity index (χ1) is 10.5. The van der Waals surface area contributed by atoms with Crippen LogP contribution in [0.3, 0.4) is 0 Å². The fourth-order valence-electron chi connectivity index (χ4n) is 2.21. The van der Waals surface area contributed by atoms with Crippen molar-refractivity contribution in [3.63, 3.8) is 0 Å². The fraction of sp³-hybridized carbons (Fsp3) is 0.375. The van der Waals surface area contributed by atoms with E-state index in [0.717, 1.165) is 4.90 Å². The van der Waals surface area contributed by atoms with Crippen LogP contribution in [0, 0.1) is 23.3 Å². The summed E-state index contributed by atoms with van der Waals surface area (Å²) in [5.74, 6) is -0.165. The van der Waals surface area contributed by atoms with E-state index in [2.05, 4.69) is 6.08 Å². The Bertz CT molecular complexity index is 612. The zero-order chi connectivity index (χ0) is 16.1. The number of hydrogen-bond donors (Lipinski definition) is 0. The van der Waals surface area contributed by atoms with E-state index in [9.17, 15) is 13.6 Å². The van der Waals surface area contributed by atoms with E-state index in [-0.39, 0.29) is 51.1 Å². The maximum Gasteiger partial charge on any atom is 0.256 e. The molecule has 0 spiro atoms. The number of ether oxygens (including phenoxy) is 1. The summed E-state index contributed by atoms with van der Waals surface area (Å²) in [6.45, 7) is 0.989. The van der Waals surface area contributed by atoms with Crippen LogP contribution in [0.5, 0.6) is 5.75 Å². The van der Waals surface area contributed by atoms with Crippen molar-refractivity contribution >= 4 is 11.6 Å². The quantitative estimate of drug-likeness (QED) is 0.722. The summed E-state index contributed by atoms with van der Waals surface area (Å²) in [5, 5.41) is 8.45. The Labute approximate surface area is 159 Å². The Morgan fingerprint density at radius 2 is 2.09 bits per heavy atom. The summed E-state index contributed by atoms with van der Waals surface area (Å²) in [6.07, 6.45) is 0.825. The van der Waals surface area contributed by atoms with Crippen LogP contribution in [0.1, 0.15) is 18.9 Å². The number of benzene rings is 1. The number of nitriles is 1. The van der Waals surface area contributed by atoms with Crippen molar-refractivity contribution in [2.45, 2.75) is 19.8 Å². The van der Waals surface area contributed by atoms with Gasteiger partial charge in [-0.1, -0.05) is 13.3 Å². The molecule has 1 unspecified atom stereocenters. The first-order valence-corrected chi connectivity index (χ1v) is 6.83. The average Bonchev–Trinajstić information content (AvgIpc) is 2.50. The summed E-state index contributed by atoms with van der Waals surface area (Å²) in [7, 11) is 0. The van der Waals surface area contributed by atoms with Gasteiger partial charge < -0.3 is 9.64 Å². The van der Waals surface area contributed by atoms with Gasteiger partial charge in [-0.3, -0.25) is 4.79 Å². The molecule has 1 atom stereocenters. The Morgan fingerprint density at radius 3 is 2.65 bits per heavy atom.